The maximum atomic E-state index is 10.7. The fourth-order valence-corrected chi connectivity index (χ4v) is 1.58. The van der Waals surface area contributed by atoms with Crippen molar-refractivity contribution in [2.24, 2.45) is 0 Å². The van der Waals surface area contributed by atoms with Crippen LogP contribution in [0.2, 0.25) is 0 Å². The molecule has 1 aromatic carbocycles. The van der Waals surface area contributed by atoms with Crippen molar-refractivity contribution in [2.75, 3.05) is 5.75 Å². The highest BCUT2D eigenvalue weighted by Crippen LogP contribution is 2.36. The van der Waals surface area contributed by atoms with E-state index in [0.29, 0.717) is 0 Å². The molecule has 7 nitrogen and oxygen atoms in total. The van der Waals surface area contributed by atoms with Crippen molar-refractivity contribution in [1.29, 1.82) is 5.26 Å². The van der Waals surface area contributed by atoms with E-state index in [1.54, 1.807) is 6.07 Å². The van der Waals surface area contributed by atoms with Crippen molar-refractivity contribution < 1.29 is 20.2 Å². The number of thiol groups is 1. The number of phenolic OH excluding ortho intramolecular Hbond substituents is 1. The molecule has 1 aromatic rings. The van der Waals surface area contributed by atoms with Crippen LogP contribution in [0.25, 0.3) is 0 Å². The maximum absolute atomic E-state index is 10.7. The van der Waals surface area contributed by atoms with Gasteiger partial charge in [-0.1, -0.05) is 0 Å². The molecule has 0 spiro atoms. The molecule has 2 unspecified atom stereocenters. The second kappa shape index (κ2) is 5.68. The highest BCUT2D eigenvalue weighted by molar-refractivity contribution is 7.80. The second-order valence-corrected chi connectivity index (χ2v) is 3.86. The van der Waals surface area contributed by atoms with E-state index in [-0.39, 0.29) is 16.9 Å². The van der Waals surface area contributed by atoms with Gasteiger partial charge in [0.1, 0.15) is 6.10 Å². The van der Waals surface area contributed by atoms with Crippen LogP contribution < -0.4 is 0 Å². The molecular formula is C10H10N2O5S. The molecule has 0 aromatic heterocycles. The van der Waals surface area contributed by atoms with Crippen molar-refractivity contribution in [3.63, 3.8) is 0 Å². The number of nitro benzene ring substituents is 1. The fraction of sp³-hybridized carbons (Fsp3) is 0.300. The van der Waals surface area contributed by atoms with Gasteiger partial charge in [0.05, 0.1) is 22.7 Å². The third-order valence-corrected chi connectivity index (χ3v) is 2.69. The number of aliphatic hydroxyl groups excluding tert-OH is 2. The van der Waals surface area contributed by atoms with Gasteiger partial charge in [-0.05, 0) is 6.07 Å². The largest absolute Gasteiger partial charge is 0.502 e. The van der Waals surface area contributed by atoms with E-state index < -0.39 is 28.6 Å². The van der Waals surface area contributed by atoms with E-state index in [2.05, 4.69) is 12.6 Å². The summed E-state index contributed by atoms with van der Waals surface area (Å²) in [6, 6.07) is 3.64. The summed E-state index contributed by atoms with van der Waals surface area (Å²) in [5, 5.41) is 48.2. The number of hydrogen-bond acceptors (Lipinski definition) is 7. The second-order valence-electron chi connectivity index (χ2n) is 3.50. The third-order valence-electron chi connectivity index (χ3n) is 2.32. The van der Waals surface area contributed by atoms with Gasteiger partial charge < -0.3 is 15.3 Å². The molecule has 0 fully saturated rings. The van der Waals surface area contributed by atoms with Gasteiger partial charge in [0.15, 0.2) is 5.75 Å². The van der Waals surface area contributed by atoms with E-state index in [1.807, 2.05) is 0 Å². The summed E-state index contributed by atoms with van der Waals surface area (Å²) < 4.78 is 0. The molecule has 0 heterocycles. The molecule has 0 aliphatic rings. The van der Waals surface area contributed by atoms with E-state index in [9.17, 15) is 25.4 Å². The summed E-state index contributed by atoms with van der Waals surface area (Å²) >= 11 is 3.76. The molecule has 0 saturated carbocycles. The van der Waals surface area contributed by atoms with Gasteiger partial charge in [0.2, 0.25) is 0 Å². The molecule has 8 heteroatoms. The zero-order chi connectivity index (χ0) is 13.9. The lowest BCUT2D eigenvalue weighted by molar-refractivity contribution is -0.386. The fourth-order valence-electron chi connectivity index (χ4n) is 1.38. The first-order chi connectivity index (χ1) is 8.42. The molecule has 3 N–H and O–H groups in total. The molecule has 18 heavy (non-hydrogen) atoms. The number of nitrogens with zero attached hydrogens (tertiary/aromatic N) is 2. The molecule has 0 radical (unpaired) electrons. The number of hydrogen-bond donors (Lipinski definition) is 4. The van der Waals surface area contributed by atoms with Gasteiger partial charge in [-0.3, -0.25) is 10.1 Å². The third kappa shape index (κ3) is 2.70. The van der Waals surface area contributed by atoms with Crippen molar-refractivity contribution in [3.8, 4) is 11.8 Å². The number of nitro groups is 1. The van der Waals surface area contributed by atoms with Crippen molar-refractivity contribution in [2.45, 2.75) is 12.2 Å². The van der Waals surface area contributed by atoms with E-state index in [1.165, 1.54) is 0 Å². The Morgan fingerprint density at radius 2 is 2.11 bits per heavy atom. The summed E-state index contributed by atoms with van der Waals surface area (Å²) in [7, 11) is 0. The lowest BCUT2D eigenvalue weighted by Crippen LogP contribution is -2.20. The van der Waals surface area contributed by atoms with Crippen LogP contribution in [0.4, 0.5) is 5.69 Å². The first-order valence-corrected chi connectivity index (χ1v) is 5.44. The molecule has 0 aliphatic heterocycles. The minimum atomic E-state index is -1.56. The Balaban J connectivity index is 3.40. The molecule has 0 aliphatic carbocycles. The lowest BCUT2D eigenvalue weighted by atomic mass is 10.0. The van der Waals surface area contributed by atoms with E-state index >= 15 is 0 Å². The molecule has 96 valence electrons. The Morgan fingerprint density at radius 1 is 1.50 bits per heavy atom. The summed E-state index contributed by atoms with van der Waals surface area (Å²) in [6.45, 7) is 0. The molecule has 1 rings (SSSR count). The average Bonchev–Trinajstić information content (AvgIpc) is 2.36. The first-order valence-electron chi connectivity index (χ1n) is 4.80. The number of aromatic hydroxyl groups is 1. The summed E-state index contributed by atoms with van der Waals surface area (Å²) in [6.07, 6.45) is -2.87. The minimum absolute atomic E-state index is 0.0973. The van der Waals surface area contributed by atoms with Crippen molar-refractivity contribution in [3.05, 3.63) is 33.4 Å². The SMILES string of the molecule is N#Cc1cc(C(O)C(O)CS)c(O)c([N+](=O)[O-])c1. The Hall–Kier alpha value is -1.82. The van der Waals surface area contributed by atoms with Crippen LogP contribution >= 0.6 is 12.6 Å². The number of aliphatic hydroxyl groups is 2. The van der Waals surface area contributed by atoms with Crippen LogP contribution in [-0.2, 0) is 0 Å². The Morgan fingerprint density at radius 3 is 2.56 bits per heavy atom. The smallest absolute Gasteiger partial charge is 0.312 e. The zero-order valence-corrected chi connectivity index (χ0v) is 9.91. The first kappa shape index (κ1) is 14.2. The normalized spacial score (nSPS) is 13.7. The number of benzene rings is 1. The van der Waals surface area contributed by atoms with Gasteiger partial charge in [-0.15, -0.1) is 0 Å². The monoisotopic (exact) mass is 270 g/mol. The minimum Gasteiger partial charge on any atom is -0.502 e. The van der Waals surface area contributed by atoms with Crippen LogP contribution in [0.1, 0.15) is 17.2 Å². The predicted octanol–water partition coefficient (Wildman–Crippen LogP) is 0.496. The summed E-state index contributed by atoms with van der Waals surface area (Å²) in [4.78, 5) is 9.81. The highest BCUT2D eigenvalue weighted by atomic mass is 32.1. The van der Waals surface area contributed by atoms with Gasteiger partial charge in [0, 0.05) is 17.4 Å². The number of nitriles is 1. The molecule has 0 amide bonds. The molecule has 0 saturated heterocycles. The van der Waals surface area contributed by atoms with Gasteiger partial charge >= 0.3 is 5.69 Å². The van der Waals surface area contributed by atoms with Crippen LogP contribution in [0.5, 0.6) is 5.75 Å². The van der Waals surface area contributed by atoms with Gasteiger partial charge in [-0.25, -0.2) is 0 Å². The zero-order valence-electron chi connectivity index (χ0n) is 9.02. The summed E-state index contributed by atoms with van der Waals surface area (Å²) in [5.74, 6) is -0.877. The molecular weight excluding hydrogens is 260 g/mol. The van der Waals surface area contributed by atoms with Crippen LogP contribution in [0, 0.1) is 21.4 Å². The predicted molar refractivity (Wildman–Crippen MR) is 64.3 cm³/mol. The van der Waals surface area contributed by atoms with E-state index in [4.69, 9.17) is 5.26 Å². The van der Waals surface area contributed by atoms with Crippen molar-refractivity contribution in [1.82, 2.24) is 0 Å². The summed E-state index contributed by atoms with van der Waals surface area (Å²) in [5.41, 5.74) is -1.07. The molecule has 2 atom stereocenters. The van der Waals surface area contributed by atoms with Crippen LogP contribution in [0.3, 0.4) is 0 Å². The van der Waals surface area contributed by atoms with Gasteiger partial charge in [-0.2, -0.15) is 17.9 Å². The quantitative estimate of drug-likeness (QED) is 0.358. The number of phenols is 1. The highest BCUT2D eigenvalue weighted by Gasteiger charge is 2.26. The Labute approximate surface area is 107 Å². The van der Waals surface area contributed by atoms with Crippen LogP contribution in [0.15, 0.2) is 12.1 Å². The van der Waals surface area contributed by atoms with Gasteiger partial charge in [0.25, 0.3) is 0 Å². The van der Waals surface area contributed by atoms with Crippen LogP contribution in [-0.4, -0.2) is 32.1 Å². The number of rotatable bonds is 4. The standard InChI is InChI=1S/C10H10N2O5S/c11-3-5-1-6(10(15)8(13)4-18)9(14)7(2-5)12(16)17/h1-2,8,10,13-15,18H,4H2. The van der Waals surface area contributed by atoms with E-state index in [0.717, 1.165) is 12.1 Å². The van der Waals surface area contributed by atoms with Crippen molar-refractivity contribution >= 4 is 18.3 Å². The average molecular weight is 270 g/mol. The lowest BCUT2D eigenvalue weighted by Gasteiger charge is -2.17. The molecule has 0 bridgehead atoms. The topological polar surface area (TPSA) is 128 Å². The Kier molecular flexibility index (Phi) is 4.49. The Bertz CT molecular complexity index is 514. The maximum Gasteiger partial charge on any atom is 0.312 e.